The number of rotatable bonds is 3. The van der Waals surface area contributed by atoms with Crippen molar-refractivity contribution in [1.82, 2.24) is 0 Å². The van der Waals surface area contributed by atoms with E-state index in [9.17, 15) is 19.5 Å². The molecule has 4 aliphatic rings. The summed E-state index contributed by atoms with van der Waals surface area (Å²) in [6, 6.07) is 0. The van der Waals surface area contributed by atoms with Crippen LogP contribution in [0.15, 0.2) is 11.6 Å². The van der Waals surface area contributed by atoms with Gasteiger partial charge in [0.15, 0.2) is 12.4 Å². The van der Waals surface area contributed by atoms with Crippen LogP contribution in [0.3, 0.4) is 0 Å². The summed E-state index contributed by atoms with van der Waals surface area (Å²) in [5, 5.41) is 11.7. The van der Waals surface area contributed by atoms with E-state index in [0.717, 1.165) is 38.5 Å². The molecule has 6 atom stereocenters. The van der Waals surface area contributed by atoms with Gasteiger partial charge in [0.1, 0.15) is 5.60 Å². The molecule has 0 saturated heterocycles. The molecule has 0 heterocycles. The van der Waals surface area contributed by atoms with Crippen molar-refractivity contribution in [2.45, 2.75) is 91.6 Å². The van der Waals surface area contributed by atoms with E-state index in [0.29, 0.717) is 24.7 Å². The third-order valence-electron chi connectivity index (χ3n) is 9.52. The van der Waals surface area contributed by atoms with E-state index in [1.165, 1.54) is 5.57 Å². The number of hydrogen-bond acceptors (Lipinski definition) is 5. The van der Waals surface area contributed by atoms with Crippen molar-refractivity contribution >= 4 is 17.5 Å². The number of fused-ring (bicyclic) bond motifs is 5. The zero-order valence-corrected chi connectivity index (χ0v) is 19.8. The van der Waals surface area contributed by atoms with Gasteiger partial charge in [0.05, 0.1) is 5.41 Å². The summed E-state index contributed by atoms with van der Waals surface area (Å²) in [7, 11) is 0. The lowest BCUT2D eigenvalue weighted by Crippen LogP contribution is -2.58. The topological polar surface area (TPSA) is 80.7 Å². The number of Topliss-reactive ketones (excluding diaryl/α,β-unsaturated/α-hetero) is 1. The summed E-state index contributed by atoms with van der Waals surface area (Å²) >= 11 is 0. The molecule has 0 aromatic carbocycles. The fourth-order valence-electron chi connectivity index (χ4n) is 7.50. The monoisotopic (exact) mass is 430 g/mol. The van der Waals surface area contributed by atoms with E-state index in [-0.39, 0.29) is 29.5 Å². The predicted molar refractivity (Wildman–Crippen MR) is 117 cm³/mol. The van der Waals surface area contributed by atoms with Gasteiger partial charge in [-0.25, -0.2) is 0 Å². The van der Waals surface area contributed by atoms with E-state index in [1.807, 2.05) is 6.08 Å². The van der Waals surface area contributed by atoms with Gasteiger partial charge in [-0.05, 0) is 95.0 Å². The summed E-state index contributed by atoms with van der Waals surface area (Å²) in [6.07, 6.45) is 8.49. The molecular weight excluding hydrogens is 392 g/mol. The third kappa shape index (κ3) is 3.34. The van der Waals surface area contributed by atoms with Crippen LogP contribution in [0.2, 0.25) is 0 Å². The van der Waals surface area contributed by atoms with E-state index >= 15 is 0 Å². The lowest BCUT2D eigenvalue weighted by Gasteiger charge is -2.58. The Balaban J connectivity index is 1.54. The van der Waals surface area contributed by atoms with Crippen LogP contribution in [-0.4, -0.2) is 34.9 Å². The normalized spacial score (nSPS) is 42.2. The Morgan fingerprint density at radius 2 is 1.74 bits per heavy atom. The fourth-order valence-corrected chi connectivity index (χ4v) is 7.50. The first-order valence-corrected chi connectivity index (χ1v) is 12.0. The standard InChI is InChI=1S/C26H38O5/c1-23(2,3)22(29)31-15-21(28)26(30)13-10-20-18-7-6-16-14-17(27)8-11-24(16,4)19(18)9-12-25(20,26)5/h14,18-20,30H,6-13,15H2,1-5H3. The zero-order chi connectivity index (χ0) is 22.8. The molecule has 1 N–H and O–H groups in total. The van der Waals surface area contributed by atoms with Crippen molar-refractivity contribution in [3.05, 3.63) is 11.6 Å². The Bertz CT molecular complexity index is 835. The summed E-state index contributed by atoms with van der Waals surface area (Å²) in [5.74, 6) is 0.758. The quantitative estimate of drug-likeness (QED) is 0.671. The van der Waals surface area contributed by atoms with E-state index < -0.39 is 22.4 Å². The fraction of sp³-hybridized carbons (Fsp3) is 0.808. The van der Waals surface area contributed by atoms with Crippen LogP contribution in [0.25, 0.3) is 0 Å². The smallest absolute Gasteiger partial charge is 0.311 e. The largest absolute Gasteiger partial charge is 0.457 e. The minimum atomic E-state index is -1.43. The van der Waals surface area contributed by atoms with Gasteiger partial charge in [-0.15, -0.1) is 0 Å². The molecule has 0 spiro atoms. The number of ether oxygens (including phenoxy) is 1. The van der Waals surface area contributed by atoms with Gasteiger partial charge in [0.2, 0.25) is 5.78 Å². The van der Waals surface area contributed by atoms with Crippen molar-refractivity contribution in [3.63, 3.8) is 0 Å². The Morgan fingerprint density at radius 1 is 1.06 bits per heavy atom. The number of carbonyl (C=O) groups is 3. The Kier molecular flexibility index (Phi) is 5.32. The van der Waals surface area contributed by atoms with E-state index in [1.54, 1.807) is 20.8 Å². The highest BCUT2D eigenvalue weighted by Gasteiger charge is 2.66. The van der Waals surface area contributed by atoms with Crippen LogP contribution in [0.5, 0.6) is 0 Å². The molecule has 0 bridgehead atoms. The summed E-state index contributed by atoms with van der Waals surface area (Å²) in [5.41, 5.74) is -1.19. The molecule has 31 heavy (non-hydrogen) atoms. The molecule has 3 saturated carbocycles. The average Bonchev–Trinajstić information content (AvgIpc) is 2.98. The molecule has 0 aliphatic heterocycles. The second-order valence-corrected chi connectivity index (χ2v) is 12.1. The first-order chi connectivity index (χ1) is 14.3. The zero-order valence-electron chi connectivity index (χ0n) is 19.8. The van der Waals surface area contributed by atoms with Gasteiger partial charge in [0.25, 0.3) is 0 Å². The van der Waals surface area contributed by atoms with Crippen LogP contribution in [0.1, 0.15) is 86.0 Å². The van der Waals surface area contributed by atoms with Crippen LogP contribution >= 0.6 is 0 Å². The number of allylic oxidation sites excluding steroid dienone is 1. The van der Waals surface area contributed by atoms with Crippen molar-refractivity contribution in [2.24, 2.45) is 34.0 Å². The number of esters is 1. The maximum Gasteiger partial charge on any atom is 0.311 e. The second-order valence-electron chi connectivity index (χ2n) is 12.1. The summed E-state index contributed by atoms with van der Waals surface area (Å²) in [6.45, 7) is 9.34. The number of hydrogen-bond donors (Lipinski definition) is 1. The molecule has 0 aromatic heterocycles. The van der Waals surface area contributed by atoms with Gasteiger partial charge >= 0.3 is 5.97 Å². The lowest BCUT2D eigenvalue weighted by atomic mass is 9.46. The molecule has 0 amide bonds. The second kappa shape index (κ2) is 7.26. The average molecular weight is 431 g/mol. The maximum atomic E-state index is 13.2. The SMILES string of the molecule is CC(C)(C)C(=O)OCC(=O)C1(O)CCC2C3CCC4=CC(=O)CCC4(C)C3CCC21C. The number of carbonyl (C=O) groups excluding carboxylic acids is 3. The predicted octanol–water partition coefficient (Wildman–Crippen LogP) is 4.41. The van der Waals surface area contributed by atoms with Crippen LogP contribution in [-0.2, 0) is 19.1 Å². The molecule has 5 nitrogen and oxygen atoms in total. The van der Waals surface area contributed by atoms with E-state index in [2.05, 4.69) is 13.8 Å². The summed E-state index contributed by atoms with van der Waals surface area (Å²) in [4.78, 5) is 37.3. The van der Waals surface area contributed by atoms with Gasteiger partial charge in [-0.1, -0.05) is 19.4 Å². The van der Waals surface area contributed by atoms with Gasteiger partial charge in [-0.3, -0.25) is 14.4 Å². The van der Waals surface area contributed by atoms with Gasteiger partial charge in [0, 0.05) is 11.8 Å². The third-order valence-corrected chi connectivity index (χ3v) is 9.52. The lowest BCUT2D eigenvalue weighted by molar-refractivity contribution is -0.172. The minimum absolute atomic E-state index is 0.0745. The highest BCUT2D eigenvalue weighted by atomic mass is 16.5. The minimum Gasteiger partial charge on any atom is -0.457 e. The molecule has 4 aliphatic carbocycles. The molecule has 3 fully saturated rings. The first kappa shape index (κ1) is 22.7. The summed E-state index contributed by atoms with van der Waals surface area (Å²) < 4.78 is 5.29. The highest BCUT2D eigenvalue weighted by molar-refractivity contribution is 5.92. The molecule has 0 aromatic rings. The molecule has 172 valence electrons. The van der Waals surface area contributed by atoms with E-state index in [4.69, 9.17) is 4.74 Å². The molecule has 5 heteroatoms. The first-order valence-electron chi connectivity index (χ1n) is 12.0. The van der Waals surface area contributed by atoms with Crippen LogP contribution in [0, 0.1) is 34.0 Å². The van der Waals surface area contributed by atoms with Crippen molar-refractivity contribution < 1.29 is 24.2 Å². The molecule has 0 radical (unpaired) electrons. The molecular formula is C26H38O5. The Labute approximate surface area is 186 Å². The van der Waals surface area contributed by atoms with Crippen molar-refractivity contribution in [3.8, 4) is 0 Å². The van der Waals surface area contributed by atoms with Crippen molar-refractivity contribution in [1.29, 1.82) is 0 Å². The molecule has 4 rings (SSSR count). The maximum absolute atomic E-state index is 13.2. The Hall–Kier alpha value is -1.49. The van der Waals surface area contributed by atoms with Gasteiger partial charge < -0.3 is 9.84 Å². The van der Waals surface area contributed by atoms with Gasteiger partial charge in [-0.2, -0.15) is 0 Å². The van der Waals surface area contributed by atoms with Crippen LogP contribution in [0.4, 0.5) is 0 Å². The highest BCUT2D eigenvalue weighted by Crippen LogP contribution is 2.67. The van der Waals surface area contributed by atoms with Crippen LogP contribution < -0.4 is 0 Å². The number of ketones is 2. The van der Waals surface area contributed by atoms with Crippen molar-refractivity contribution in [2.75, 3.05) is 6.61 Å². The number of aliphatic hydroxyl groups is 1. The molecule has 6 unspecified atom stereocenters. The Morgan fingerprint density at radius 3 is 2.42 bits per heavy atom.